The molecule has 0 fully saturated rings. The van der Waals surface area contributed by atoms with Crippen LogP contribution in [-0.4, -0.2) is 17.4 Å². The fraction of sp³-hybridized carbons (Fsp3) is 0.273. The topological polar surface area (TPSA) is 87.7 Å². The van der Waals surface area contributed by atoms with Crippen molar-refractivity contribution in [1.29, 1.82) is 0 Å². The molecular formula is C11H15N3O2. The third-order valence-corrected chi connectivity index (χ3v) is 2.56. The molecule has 0 saturated carbocycles. The van der Waals surface area contributed by atoms with Crippen molar-refractivity contribution in [3.63, 3.8) is 0 Å². The number of aryl methyl sites for hydroxylation is 1. The van der Waals surface area contributed by atoms with Crippen LogP contribution >= 0.6 is 0 Å². The van der Waals surface area contributed by atoms with Crippen LogP contribution in [0.3, 0.4) is 0 Å². The summed E-state index contributed by atoms with van der Waals surface area (Å²) in [4.78, 5) is 10.4. The highest BCUT2D eigenvalue weighted by Gasteiger charge is 2.07. The van der Waals surface area contributed by atoms with Crippen LogP contribution in [0.2, 0.25) is 0 Å². The third kappa shape index (κ3) is 2.50. The van der Waals surface area contributed by atoms with E-state index in [0.29, 0.717) is 5.56 Å². The van der Waals surface area contributed by atoms with E-state index >= 15 is 0 Å². The third-order valence-electron chi connectivity index (χ3n) is 2.56. The number of primary amides is 1. The molecule has 5 nitrogen and oxygen atoms in total. The number of amides is 2. The molecule has 0 saturated heterocycles. The maximum absolute atomic E-state index is 10.4. The van der Waals surface area contributed by atoms with E-state index in [-0.39, 0.29) is 5.75 Å². The summed E-state index contributed by atoms with van der Waals surface area (Å²) in [5, 5.41) is 13.4. The summed E-state index contributed by atoms with van der Waals surface area (Å²) in [6.07, 6.45) is 1.38. The van der Waals surface area contributed by atoms with Gasteiger partial charge in [0.15, 0.2) is 0 Å². The Balaban J connectivity index is 3.09. The largest absolute Gasteiger partial charge is 0.507 e. The summed E-state index contributed by atoms with van der Waals surface area (Å²) in [6.45, 7) is 5.77. The summed E-state index contributed by atoms with van der Waals surface area (Å²) < 4.78 is 0. The fourth-order valence-corrected chi connectivity index (χ4v) is 1.40. The van der Waals surface area contributed by atoms with E-state index in [4.69, 9.17) is 5.73 Å². The Morgan fingerprint density at radius 1 is 1.44 bits per heavy atom. The Morgan fingerprint density at radius 3 is 2.62 bits per heavy atom. The molecule has 1 aromatic carbocycles. The predicted octanol–water partition coefficient (Wildman–Crippen LogP) is 1.32. The van der Waals surface area contributed by atoms with Crippen LogP contribution in [0.1, 0.15) is 22.3 Å². The minimum Gasteiger partial charge on any atom is -0.507 e. The zero-order chi connectivity index (χ0) is 12.3. The lowest BCUT2D eigenvalue weighted by molar-refractivity contribution is 0.249. The minimum atomic E-state index is -0.739. The van der Waals surface area contributed by atoms with E-state index < -0.39 is 6.03 Å². The molecule has 0 spiro atoms. The normalized spacial score (nSPS) is 10.7. The van der Waals surface area contributed by atoms with Crippen molar-refractivity contribution >= 4 is 12.2 Å². The van der Waals surface area contributed by atoms with Gasteiger partial charge in [0.1, 0.15) is 5.75 Å². The van der Waals surface area contributed by atoms with E-state index in [2.05, 4.69) is 10.5 Å². The first-order valence-corrected chi connectivity index (χ1v) is 4.81. The lowest BCUT2D eigenvalue weighted by Gasteiger charge is -2.10. The number of urea groups is 1. The van der Waals surface area contributed by atoms with Crippen LogP contribution in [-0.2, 0) is 0 Å². The van der Waals surface area contributed by atoms with Crippen molar-refractivity contribution < 1.29 is 9.90 Å². The van der Waals surface area contributed by atoms with Gasteiger partial charge in [0.2, 0.25) is 0 Å². The highest BCUT2D eigenvalue weighted by Crippen LogP contribution is 2.25. The first-order chi connectivity index (χ1) is 7.43. The molecule has 0 aliphatic carbocycles. The van der Waals surface area contributed by atoms with E-state index in [0.717, 1.165) is 16.7 Å². The second-order valence-corrected chi connectivity index (χ2v) is 3.61. The number of phenolic OH excluding ortho intramolecular Hbond substituents is 1. The number of nitrogens with two attached hydrogens (primary N) is 1. The van der Waals surface area contributed by atoms with Crippen molar-refractivity contribution in [1.82, 2.24) is 5.43 Å². The average molecular weight is 221 g/mol. The number of phenols is 1. The van der Waals surface area contributed by atoms with Gasteiger partial charge in [-0.15, -0.1) is 0 Å². The molecule has 2 amide bonds. The van der Waals surface area contributed by atoms with Gasteiger partial charge in [-0.3, -0.25) is 0 Å². The number of hydrogen-bond donors (Lipinski definition) is 3. The predicted molar refractivity (Wildman–Crippen MR) is 62.6 cm³/mol. The molecule has 1 rings (SSSR count). The first-order valence-electron chi connectivity index (χ1n) is 4.81. The number of nitrogens with one attached hydrogen (secondary N) is 1. The Bertz CT molecular complexity index is 453. The van der Waals surface area contributed by atoms with Gasteiger partial charge in [-0.2, -0.15) is 5.10 Å². The minimum absolute atomic E-state index is 0.135. The molecule has 1 aromatic rings. The Labute approximate surface area is 94.0 Å². The standard InChI is InChI=1S/C11H15N3O2/c1-6-4-10(15)9(8(3)7(6)2)5-13-14-11(12)16/h4-5,15H,1-3H3,(H3,12,14,16)/b13-5+. The van der Waals surface area contributed by atoms with Gasteiger partial charge in [-0.25, -0.2) is 10.2 Å². The van der Waals surface area contributed by atoms with E-state index in [1.807, 2.05) is 20.8 Å². The van der Waals surface area contributed by atoms with Crippen LogP contribution in [0.5, 0.6) is 5.75 Å². The van der Waals surface area contributed by atoms with Crippen LogP contribution < -0.4 is 11.2 Å². The summed E-state index contributed by atoms with van der Waals surface area (Å²) in [6, 6.07) is 0.922. The zero-order valence-electron chi connectivity index (χ0n) is 9.53. The lowest BCUT2D eigenvalue weighted by atomic mass is 9.98. The van der Waals surface area contributed by atoms with Crippen LogP contribution in [0.4, 0.5) is 4.79 Å². The number of hydrazone groups is 1. The number of rotatable bonds is 2. The van der Waals surface area contributed by atoms with Crippen molar-refractivity contribution in [2.75, 3.05) is 0 Å². The second-order valence-electron chi connectivity index (χ2n) is 3.61. The summed E-state index contributed by atoms with van der Waals surface area (Å²) in [5.41, 5.74) is 10.5. The lowest BCUT2D eigenvalue weighted by Crippen LogP contribution is -2.24. The van der Waals surface area contributed by atoms with Crippen LogP contribution in [0.25, 0.3) is 0 Å². The number of hydrogen-bond acceptors (Lipinski definition) is 3. The van der Waals surface area contributed by atoms with Crippen molar-refractivity contribution in [2.24, 2.45) is 10.8 Å². The van der Waals surface area contributed by atoms with Gasteiger partial charge < -0.3 is 10.8 Å². The maximum Gasteiger partial charge on any atom is 0.332 e. The summed E-state index contributed by atoms with van der Waals surface area (Å²) >= 11 is 0. The highest BCUT2D eigenvalue weighted by atomic mass is 16.3. The molecule has 16 heavy (non-hydrogen) atoms. The molecule has 0 aliphatic heterocycles. The number of carbonyl (C=O) groups is 1. The van der Waals surface area contributed by atoms with Crippen LogP contribution in [0, 0.1) is 20.8 Å². The quantitative estimate of drug-likeness (QED) is 0.519. The molecule has 86 valence electrons. The second kappa shape index (κ2) is 4.65. The molecule has 0 bridgehead atoms. The van der Waals surface area contributed by atoms with Gasteiger partial charge in [0.25, 0.3) is 0 Å². The fourth-order valence-electron chi connectivity index (χ4n) is 1.40. The van der Waals surface area contributed by atoms with Crippen molar-refractivity contribution in [2.45, 2.75) is 20.8 Å². The van der Waals surface area contributed by atoms with Gasteiger partial charge in [-0.05, 0) is 43.5 Å². The monoisotopic (exact) mass is 221 g/mol. The van der Waals surface area contributed by atoms with Gasteiger partial charge >= 0.3 is 6.03 Å². The molecule has 0 heterocycles. The molecule has 0 atom stereocenters. The Morgan fingerprint density at radius 2 is 2.06 bits per heavy atom. The number of aromatic hydroxyl groups is 1. The molecular weight excluding hydrogens is 206 g/mol. The van der Waals surface area contributed by atoms with Crippen molar-refractivity contribution in [3.05, 3.63) is 28.3 Å². The number of benzene rings is 1. The van der Waals surface area contributed by atoms with E-state index in [1.54, 1.807) is 6.07 Å². The molecule has 0 aromatic heterocycles. The van der Waals surface area contributed by atoms with E-state index in [1.165, 1.54) is 6.21 Å². The smallest absolute Gasteiger partial charge is 0.332 e. The summed E-state index contributed by atoms with van der Waals surface area (Å²) in [5.74, 6) is 0.135. The van der Waals surface area contributed by atoms with Gasteiger partial charge in [0.05, 0.1) is 6.21 Å². The van der Waals surface area contributed by atoms with Gasteiger partial charge in [-0.1, -0.05) is 0 Å². The number of carbonyl (C=O) groups excluding carboxylic acids is 1. The summed E-state index contributed by atoms with van der Waals surface area (Å²) in [7, 11) is 0. The Hall–Kier alpha value is -2.04. The molecule has 0 radical (unpaired) electrons. The average Bonchev–Trinajstić information content (AvgIpc) is 2.19. The highest BCUT2D eigenvalue weighted by molar-refractivity contribution is 5.87. The van der Waals surface area contributed by atoms with Gasteiger partial charge in [0, 0.05) is 5.56 Å². The van der Waals surface area contributed by atoms with Crippen molar-refractivity contribution in [3.8, 4) is 5.75 Å². The molecule has 0 unspecified atom stereocenters. The molecule has 0 aliphatic rings. The molecule has 5 heteroatoms. The molecule has 4 N–H and O–H groups in total. The van der Waals surface area contributed by atoms with E-state index in [9.17, 15) is 9.90 Å². The first kappa shape index (κ1) is 12.0. The zero-order valence-corrected chi connectivity index (χ0v) is 9.53. The SMILES string of the molecule is Cc1cc(O)c(/C=N/NC(N)=O)c(C)c1C. The van der Waals surface area contributed by atoms with Crippen LogP contribution in [0.15, 0.2) is 11.2 Å². The maximum atomic E-state index is 10.4. The Kier molecular flexibility index (Phi) is 3.50. The number of nitrogens with zero attached hydrogens (tertiary/aromatic N) is 1.